The Morgan fingerprint density at radius 1 is 1.28 bits per heavy atom. The van der Waals surface area contributed by atoms with Crippen molar-refractivity contribution >= 4 is 28.3 Å². The van der Waals surface area contributed by atoms with E-state index in [-0.39, 0.29) is 25.1 Å². The minimum absolute atomic E-state index is 0. The molecule has 0 fully saturated rings. The average molecular weight is 341 g/mol. The molecular formula is C12H19BrClNO3. The number of hydrogen-bond acceptors (Lipinski definition) is 4. The fourth-order valence-corrected chi connectivity index (χ4v) is 2.24. The molecule has 1 aromatic rings. The van der Waals surface area contributed by atoms with Crippen molar-refractivity contribution in [3.63, 3.8) is 0 Å². The molecule has 6 heteroatoms. The summed E-state index contributed by atoms with van der Waals surface area (Å²) in [6, 6.07) is 3.58. The molecule has 0 aromatic heterocycles. The number of aliphatic hydroxyl groups is 1. The van der Waals surface area contributed by atoms with Crippen molar-refractivity contribution in [3.8, 4) is 11.5 Å². The summed E-state index contributed by atoms with van der Waals surface area (Å²) in [6.07, 6.45) is 1.41. The van der Waals surface area contributed by atoms with Gasteiger partial charge in [-0.25, -0.2) is 0 Å². The van der Waals surface area contributed by atoms with E-state index in [0.29, 0.717) is 17.9 Å². The molecule has 0 heterocycles. The first-order chi connectivity index (χ1) is 8.13. The second-order valence-electron chi connectivity index (χ2n) is 3.70. The Morgan fingerprint density at radius 2 is 1.83 bits per heavy atom. The van der Waals surface area contributed by atoms with Gasteiger partial charge in [0.05, 0.1) is 14.2 Å². The van der Waals surface area contributed by atoms with Crippen LogP contribution in [0.25, 0.3) is 0 Å². The van der Waals surface area contributed by atoms with Gasteiger partial charge in [-0.05, 0) is 30.5 Å². The molecule has 0 radical (unpaired) electrons. The fourth-order valence-electron chi connectivity index (χ4n) is 1.62. The molecule has 3 N–H and O–H groups in total. The van der Waals surface area contributed by atoms with Crippen LogP contribution in [0.4, 0.5) is 0 Å². The summed E-state index contributed by atoms with van der Waals surface area (Å²) in [7, 11) is 3.18. The Balaban J connectivity index is 0.00000289. The van der Waals surface area contributed by atoms with E-state index in [0.717, 1.165) is 16.5 Å². The minimum Gasteiger partial charge on any atom is -0.493 e. The van der Waals surface area contributed by atoms with Crippen LogP contribution in [0.1, 0.15) is 24.4 Å². The highest BCUT2D eigenvalue weighted by atomic mass is 79.9. The molecule has 0 amide bonds. The first-order valence-corrected chi connectivity index (χ1v) is 6.21. The summed E-state index contributed by atoms with van der Waals surface area (Å²) >= 11 is 3.47. The lowest BCUT2D eigenvalue weighted by Crippen LogP contribution is -2.12. The molecule has 0 spiro atoms. The molecule has 1 rings (SSSR count). The van der Waals surface area contributed by atoms with Crippen molar-refractivity contribution in [1.82, 2.24) is 0 Å². The van der Waals surface area contributed by atoms with Gasteiger partial charge < -0.3 is 20.3 Å². The molecular weight excluding hydrogens is 321 g/mol. The van der Waals surface area contributed by atoms with Crippen LogP contribution < -0.4 is 15.2 Å². The number of aliphatic hydroxyl groups excluding tert-OH is 1. The lowest BCUT2D eigenvalue weighted by atomic mass is 10.0. The molecule has 1 aromatic carbocycles. The monoisotopic (exact) mass is 339 g/mol. The Labute approximate surface area is 122 Å². The first-order valence-electron chi connectivity index (χ1n) is 5.41. The molecule has 104 valence electrons. The van der Waals surface area contributed by atoms with Gasteiger partial charge >= 0.3 is 0 Å². The lowest BCUT2D eigenvalue weighted by Gasteiger charge is -2.16. The second-order valence-corrected chi connectivity index (χ2v) is 4.56. The number of hydrogen-bond donors (Lipinski definition) is 2. The van der Waals surface area contributed by atoms with E-state index in [1.807, 2.05) is 12.1 Å². The Morgan fingerprint density at radius 3 is 2.33 bits per heavy atom. The van der Waals surface area contributed by atoms with E-state index in [4.69, 9.17) is 20.3 Å². The zero-order valence-electron chi connectivity index (χ0n) is 10.5. The van der Waals surface area contributed by atoms with Crippen molar-refractivity contribution in [3.05, 3.63) is 22.2 Å². The van der Waals surface area contributed by atoms with Crippen LogP contribution in [0.15, 0.2) is 16.6 Å². The van der Waals surface area contributed by atoms with Crippen molar-refractivity contribution in [2.45, 2.75) is 18.9 Å². The predicted molar refractivity (Wildman–Crippen MR) is 77.7 cm³/mol. The molecule has 0 unspecified atom stereocenters. The van der Waals surface area contributed by atoms with E-state index in [1.165, 1.54) is 0 Å². The van der Waals surface area contributed by atoms with Gasteiger partial charge in [-0.2, -0.15) is 0 Å². The van der Waals surface area contributed by atoms with E-state index in [2.05, 4.69) is 15.9 Å². The highest BCUT2D eigenvalue weighted by Gasteiger charge is 2.14. The molecule has 1 atom stereocenters. The minimum atomic E-state index is -0.128. The van der Waals surface area contributed by atoms with Crippen LogP contribution in [-0.2, 0) is 0 Å². The smallest absolute Gasteiger partial charge is 0.161 e. The van der Waals surface area contributed by atoms with Crippen LogP contribution in [0.5, 0.6) is 11.5 Å². The molecule has 0 aliphatic heterocycles. The number of ether oxygens (including phenoxy) is 2. The number of methoxy groups -OCH3 is 2. The van der Waals surface area contributed by atoms with E-state index < -0.39 is 0 Å². The van der Waals surface area contributed by atoms with E-state index >= 15 is 0 Å². The van der Waals surface area contributed by atoms with E-state index in [9.17, 15) is 0 Å². The number of nitrogens with two attached hydrogens (primary N) is 1. The summed E-state index contributed by atoms with van der Waals surface area (Å²) in [6.45, 7) is 0.151. The summed E-state index contributed by atoms with van der Waals surface area (Å²) in [5, 5.41) is 8.80. The van der Waals surface area contributed by atoms with Crippen molar-refractivity contribution < 1.29 is 14.6 Å². The number of benzene rings is 1. The van der Waals surface area contributed by atoms with E-state index in [1.54, 1.807) is 14.2 Å². The third-order valence-electron chi connectivity index (χ3n) is 2.58. The summed E-state index contributed by atoms with van der Waals surface area (Å²) in [5.74, 6) is 1.32. The third-order valence-corrected chi connectivity index (χ3v) is 3.26. The Hall–Kier alpha value is -0.490. The van der Waals surface area contributed by atoms with Crippen LogP contribution in [0, 0.1) is 0 Å². The van der Waals surface area contributed by atoms with Gasteiger partial charge in [-0.3, -0.25) is 0 Å². The predicted octanol–water partition coefficient (Wildman–Crippen LogP) is 2.66. The molecule has 0 saturated carbocycles. The highest BCUT2D eigenvalue weighted by Crippen LogP contribution is 2.36. The first kappa shape index (κ1) is 17.5. The zero-order valence-corrected chi connectivity index (χ0v) is 12.9. The van der Waals surface area contributed by atoms with Crippen LogP contribution in [-0.4, -0.2) is 25.9 Å². The molecule has 0 saturated heterocycles. The van der Waals surface area contributed by atoms with Gasteiger partial charge in [-0.1, -0.05) is 15.9 Å². The van der Waals surface area contributed by atoms with Gasteiger partial charge in [-0.15, -0.1) is 12.4 Å². The fraction of sp³-hybridized carbons (Fsp3) is 0.500. The third kappa shape index (κ3) is 4.31. The average Bonchev–Trinajstić information content (AvgIpc) is 2.35. The standard InChI is InChI=1S/C12H18BrNO3.ClH/c1-16-11-6-8(10(14)4-3-5-15)9(13)7-12(11)17-2;/h6-7,10,15H,3-5,14H2,1-2H3;1H/t10-;/m1./s1. The Bertz CT molecular complexity index is 377. The van der Waals surface area contributed by atoms with Crippen LogP contribution >= 0.6 is 28.3 Å². The highest BCUT2D eigenvalue weighted by molar-refractivity contribution is 9.10. The van der Waals surface area contributed by atoms with Crippen molar-refractivity contribution in [2.75, 3.05) is 20.8 Å². The largest absolute Gasteiger partial charge is 0.493 e. The summed E-state index contributed by atoms with van der Waals surface area (Å²) in [4.78, 5) is 0. The van der Waals surface area contributed by atoms with Gasteiger partial charge in [0.25, 0.3) is 0 Å². The topological polar surface area (TPSA) is 64.7 Å². The molecule has 4 nitrogen and oxygen atoms in total. The van der Waals surface area contributed by atoms with Gasteiger partial charge in [0.2, 0.25) is 0 Å². The molecule has 18 heavy (non-hydrogen) atoms. The Kier molecular flexibility index (Phi) is 8.35. The van der Waals surface area contributed by atoms with Gasteiger partial charge in [0.1, 0.15) is 0 Å². The zero-order chi connectivity index (χ0) is 12.8. The quantitative estimate of drug-likeness (QED) is 0.835. The maximum atomic E-state index is 8.80. The molecule has 0 aliphatic rings. The van der Waals surface area contributed by atoms with Crippen LogP contribution in [0.3, 0.4) is 0 Å². The normalized spacial score (nSPS) is 11.6. The summed E-state index contributed by atoms with van der Waals surface area (Å²) < 4.78 is 11.3. The molecule has 0 bridgehead atoms. The maximum Gasteiger partial charge on any atom is 0.161 e. The molecule has 0 aliphatic carbocycles. The van der Waals surface area contributed by atoms with Crippen LogP contribution in [0.2, 0.25) is 0 Å². The summed E-state index contributed by atoms with van der Waals surface area (Å²) in [5.41, 5.74) is 7.01. The lowest BCUT2D eigenvalue weighted by molar-refractivity contribution is 0.279. The van der Waals surface area contributed by atoms with Crippen molar-refractivity contribution in [2.24, 2.45) is 5.73 Å². The van der Waals surface area contributed by atoms with Crippen molar-refractivity contribution in [1.29, 1.82) is 0 Å². The van der Waals surface area contributed by atoms with Gasteiger partial charge in [0, 0.05) is 17.1 Å². The van der Waals surface area contributed by atoms with Gasteiger partial charge in [0.15, 0.2) is 11.5 Å². The SMILES string of the molecule is COc1cc(Br)c([C@H](N)CCCO)cc1OC.Cl. The number of halogens is 2. The number of rotatable bonds is 6. The maximum absolute atomic E-state index is 8.80. The second kappa shape index (κ2) is 8.58.